The Bertz CT molecular complexity index is 984. The van der Waals surface area contributed by atoms with Gasteiger partial charge in [0.2, 0.25) is 0 Å². The predicted molar refractivity (Wildman–Crippen MR) is 125 cm³/mol. The summed E-state index contributed by atoms with van der Waals surface area (Å²) in [5.41, 5.74) is 4.09. The molecule has 3 aromatic carbocycles. The van der Waals surface area contributed by atoms with Crippen LogP contribution < -0.4 is 4.74 Å². The highest BCUT2D eigenvalue weighted by atomic mass is 16.5. The summed E-state index contributed by atoms with van der Waals surface area (Å²) in [7, 11) is 0. The molecule has 0 aliphatic carbocycles. The van der Waals surface area contributed by atoms with Crippen molar-refractivity contribution in [3.63, 3.8) is 0 Å². The zero-order valence-corrected chi connectivity index (χ0v) is 18.4. The van der Waals surface area contributed by atoms with E-state index in [1.807, 2.05) is 43.3 Å². The van der Waals surface area contributed by atoms with Crippen LogP contribution >= 0.6 is 0 Å². The number of hydrogen-bond donors (Lipinski definition) is 0. The number of unbranched alkanes of at least 4 members (excludes halogenated alkanes) is 4. The summed E-state index contributed by atoms with van der Waals surface area (Å²) in [5.74, 6) is -0.0317. The molecule has 0 bridgehead atoms. The maximum atomic E-state index is 12.8. The van der Waals surface area contributed by atoms with Gasteiger partial charge in [0.15, 0.2) is 5.78 Å². The fourth-order valence-corrected chi connectivity index (χ4v) is 3.45. The molecule has 0 saturated carbocycles. The third-order valence-corrected chi connectivity index (χ3v) is 5.40. The topological polar surface area (TPSA) is 43.4 Å². The number of aryl methyl sites for hydroxylation is 2. The molecule has 0 saturated heterocycles. The Labute approximate surface area is 185 Å². The molecule has 0 N–H and O–H groups in total. The molecule has 0 spiro atoms. The van der Waals surface area contributed by atoms with E-state index in [2.05, 4.69) is 6.92 Å². The van der Waals surface area contributed by atoms with E-state index in [0.29, 0.717) is 22.4 Å². The first-order valence-corrected chi connectivity index (χ1v) is 11.1. The summed E-state index contributed by atoms with van der Waals surface area (Å²) in [5, 5.41) is 0. The molecule has 3 heteroatoms. The van der Waals surface area contributed by atoms with E-state index in [1.54, 1.807) is 36.4 Å². The van der Waals surface area contributed by atoms with Crippen LogP contribution in [0.4, 0.5) is 0 Å². The van der Waals surface area contributed by atoms with Crippen molar-refractivity contribution in [1.29, 1.82) is 0 Å². The minimum Gasteiger partial charge on any atom is -0.423 e. The molecule has 160 valence electrons. The molecule has 0 aliphatic rings. The lowest BCUT2D eigenvalue weighted by Gasteiger charge is -2.07. The predicted octanol–water partition coefficient (Wildman–Crippen LogP) is 6.96. The van der Waals surface area contributed by atoms with Gasteiger partial charge in [-0.25, -0.2) is 4.79 Å². The van der Waals surface area contributed by atoms with Gasteiger partial charge in [-0.05, 0) is 61.7 Å². The van der Waals surface area contributed by atoms with Crippen molar-refractivity contribution < 1.29 is 14.3 Å². The molecule has 3 aromatic rings. The Morgan fingerprint density at radius 1 is 0.677 bits per heavy atom. The van der Waals surface area contributed by atoms with Crippen molar-refractivity contribution in [2.24, 2.45) is 0 Å². The summed E-state index contributed by atoms with van der Waals surface area (Å²) >= 11 is 0. The van der Waals surface area contributed by atoms with Gasteiger partial charge < -0.3 is 4.74 Å². The maximum absolute atomic E-state index is 12.8. The fraction of sp³-hybridized carbons (Fsp3) is 0.286. The minimum absolute atomic E-state index is 0.0362. The molecule has 3 rings (SSSR count). The van der Waals surface area contributed by atoms with E-state index in [4.69, 9.17) is 4.74 Å². The second-order valence-corrected chi connectivity index (χ2v) is 7.97. The molecule has 3 nitrogen and oxygen atoms in total. The van der Waals surface area contributed by atoms with Crippen molar-refractivity contribution >= 4 is 11.8 Å². The lowest BCUT2D eigenvalue weighted by Crippen LogP contribution is -2.08. The van der Waals surface area contributed by atoms with Crippen LogP contribution in [0.15, 0.2) is 72.8 Å². The van der Waals surface area contributed by atoms with Crippen molar-refractivity contribution in [3.8, 4) is 5.75 Å². The number of ether oxygens (including phenoxy) is 1. The van der Waals surface area contributed by atoms with Gasteiger partial charge in [-0.2, -0.15) is 0 Å². The maximum Gasteiger partial charge on any atom is 0.343 e. The smallest absolute Gasteiger partial charge is 0.343 e. The number of hydrogen-bond acceptors (Lipinski definition) is 3. The first-order valence-electron chi connectivity index (χ1n) is 11.1. The molecule has 31 heavy (non-hydrogen) atoms. The van der Waals surface area contributed by atoms with E-state index in [9.17, 15) is 9.59 Å². The number of benzene rings is 3. The van der Waals surface area contributed by atoms with Crippen LogP contribution in [0.5, 0.6) is 5.75 Å². The van der Waals surface area contributed by atoms with Crippen LogP contribution in [0, 0.1) is 6.92 Å². The van der Waals surface area contributed by atoms with Crippen LogP contribution in [0.25, 0.3) is 0 Å². The molecule has 0 radical (unpaired) electrons. The van der Waals surface area contributed by atoms with E-state index < -0.39 is 5.97 Å². The fourth-order valence-electron chi connectivity index (χ4n) is 3.45. The van der Waals surface area contributed by atoms with Crippen LogP contribution in [0.1, 0.15) is 76.4 Å². The summed E-state index contributed by atoms with van der Waals surface area (Å²) in [4.78, 5) is 25.0. The van der Waals surface area contributed by atoms with E-state index >= 15 is 0 Å². The molecule has 0 atom stereocenters. The molecule has 0 aromatic heterocycles. The molecule has 0 heterocycles. The Hall–Kier alpha value is -3.20. The van der Waals surface area contributed by atoms with Gasteiger partial charge in [-0.3, -0.25) is 4.79 Å². The number of carbonyl (C=O) groups excluding carboxylic acids is 2. The molecule has 0 unspecified atom stereocenters. The highest BCUT2D eigenvalue weighted by Gasteiger charge is 2.11. The van der Waals surface area contributed by atoms with Crippen molar-refractivity contribution in [1.82, 2.24) is 0 Å². The lowest BCUT2D eigenvalue weighted by molar-refractivity contribution is 0.0734. The molecule has 0 amide bonds. The first-order chi connectivity index (χ1) is 15.1. The van der Waals surface area contributed by atoms with Gasteiger partial charge >= 0.3 is 5.97 Å². The average Bonchev–Trinajstić information content (AvgIpc) is 2.80. The second kappa shape index (κ2) is 11.3. The highest BCUT2D eigenvalue weighted by molar-refractivity contribution is 6.09. The molecular formula is C28H30O3. The van der Waals surface area contributed by atoms with Crippen molar-refractivity contribution in [2.45, 2.75) is 52.4 Å². The summed E-state index contributed by atoms with van der Waals surface area (Å²) in [6.45, 7) is 4.19. The SMILES string of the molecule is CCCCCCCc1ccc(C(=O)c2ccc(OC(=O)c3ccc(C)cc3)cc2)cc1. The molecular weight excluding hydrogens is 384 g/mol. The van der Waals surface area contributed by atoms with Gasteiger partial charge in [0.05, 0.1) is 5.56 Å². The van der Waals surface area contributed by atoms with E-state index in [0.717, 1.165) is 12.0 Å². The van der Waals surface area contributed by atoms with E-state index in [1.165, 1.54) is 37.7 Å². The van der Waals surface area contributed by atoms with Crippen LogP contribution in [-0.2, 0) is 6.42 Å². The summed E-state index contributed by atoms with van der Waals surface area (Å²) in [6.07, 6.45) is 7.36. The van der Waals surface area contributed by atoms with Gasteiger partial charge in [0.1, 0.15) is 5.75 Å². The molecule has 0 fully saturated rings. The summed E-state index contributed by atoms with van der Waals surface area (Å²) in [6, 6.07) is 21.8. The van der Waals surface area contributed by atoms with Gasteiger partial charge in [-0.15, -0.1) is 0 Å². The normalized spacial score (nSPS) is 10.6. The largest absolute Gasteiger partial charge is 0.423 e. The Morgan fingerprint density at radius 2 is 1.23 bits per heavy atom. The standard InChI is InChI=1S/C28H30O3/c1-3-4-5-6-7-8-22-11-15-23(16-12-22)27(29)24-17-19-26(20-18-24)31-28(30)25-13-9-21(2)10-14-25/h9-20H,3-8H2,1-2H3. The molecule has 0 aliphatic heterocycles. The van der Waals surface area contributed by atoms with Gasteiger partial charge in [0, 0.05) is 11.1 Å². The third-order valence-electron chi connectivity index (χ3n) is 5.40. The Morgan fingerprint density at radius 3 is 1.84 bits per heavy atom. The number of ketones is 1. The van der Waals surface area contributed by atoms with Crippen LogP contribution in [-0.4, -0.2) is 11.8 Å². The highest BCUT2D eigenvalue weighted by Crippen LogP contribution is 2.18. The average molecular weight is 415 g/mol. The Balaban J connectivity index is 1.56. The number of esters is 1. The van der Waals surface area contributed by atoms with Crippen LogP contribution in [0.3, 0.4) is 0 Å². The second-order valence-electron chi connectivity index (χ2n) is 7.97. The van der Waals surface area contributed by atoms with Gasteiger partial charge in [-0.1, -0.05) is 74.6 Å². The summed E-state index contributed by atoms with van der Waals surface area (Å²) < 4.78 is 5.41. The third kappa shape index (κ3) is 6.65. The van der Waals surface area contributed by atoms with Gasteiger partial charge in [0.25, 0.3) is 0 Å². The zero-order valence-electron chi connectivity index (χ0n) is 18.4. The van der Waals surface area contributed by atoms with Crippen molar-refractivity contribution in [3.05, 3.63) is 101 Å². The van der Waals surface area contributed by atoms with E-state index in [-0.39, 0.29) is 5.78 Å². The van der Waals surface area contributed by atoms with Crippen molar-refractivity contribution in [2.75, 3.05) is 0 Å². The minimum atomic E-state index is -0.413. The number of rotatable bonds is 10. The zero-order chi connectivity index (χ0) is 22.1. The quantitative estimate of drug-likeness (QED) is 0.156. The Kier molecular flexibility index (Phi) is 8.17. The number of carbonyl (C=O) groups is 2. The first kappa shape index (κ1) is 22.5. The monoisotopic (exact) mass is 414 g/mol. The lowest BCUT2D eigenvalue weighted by atomic mass is 10.00. The van der Waals surface area contributed by atoms with Crippen LogP contribution in [0.2, 0.25) is 0 Å².